The van der Waals surface area contributed by atoms with E-state index in [1.54, 1.807) is 0 Å². The van der Waals surface area contributed by atoms with Crippen molar-refractivity contribution in [3.63, 3.8) is 0 Å². The first-order valence-corrected chi connectivity index (χ1v) is 9.58. The van der Waals surface area contributed by atoms with Crippen LogP contribution >= 0.6 is 35.7 Å². The van der Waals surface area contributed by atoms with E-state index in [4.69, 9.17) is 10.5 Å². The van der Waals surface area contributed by atoms with Crippen LogP contribution in [0.4, 0.5) is 0 Å². The number of guanidine groups is 1. The van der Waals surface area contributed by atoms with Crippen LogP contribution in [0.5, 0.6) is 5.75 Å². The van der Waals surface area contributed by atoms with Crippen LogP contribution in [0, 0.1) is 0 Å². The summed E-state index contributed by atoms with van der Waals surface area (Å²) in [4.78, 5) is 5.95. The Morgan fingerprint density at radius 2 is 1.88 bits per heavy atom. The number of halogens is 1. The van der Waals surface area contributed by atoms with E-state index in [0.29, 0.717) is 12.6 Å². The van der Waals surface area contributed by atoms with Gasteiger partial charge in [-0.25, -0.2) is 0 Å². The molecule has 0 aromatic heterocycles. The maximum Gasteiger partial charge on any atom is 0.189 e. The number of fused-ring (bicyclic) bond motifs is 1. The minimum Gasteiger partial charge on any atom is -0.493 e. The Kier molecular flexibility index (Phi) is 6.34. The van der Waals surface area contributed by atoms with Gasteiger partial charge in [0.15, 0.2) is 5.96 Å². The molecule has 0 amide bonds. The second-order valence-electron chi connectivity index (χ2n) is 6.67. The van der Waals surface area contributed by atoms with Gasteiger partial charge in [0.25, 0.3) is 0 Å². The molecule has 1 saturated carbocycles. The number of hydrogen-bond donors (Lipinski definition) is 2. The first-order valence-electron chi connectivity index (χ1n) is 8.76. The van der Waals surface area contributed by atoms with Gasteiger partial charge in [-0.15, -0.1) is 35.7 Å². The van der Waals surface area contributed by atoms with Crippen molar-refractivity contribution in [3.05, 3.63) is 60.2 Å². The molecule has 1 heterocycles. The van der Waals surface area contributed by atoms with E-state index in [9.17, 15) is 0 Å². The summed E-state index contributed by atoms with van der Waals surface area (Å²) < 4.78 is 5.93. The number of nitrogens with two attached hydrogens (primary N) is 1. The van der Waals surface area contributed by atoms with E-state index >= 15 is 0 Å². The van der Waals surface area contributed by atoms with Gasteiger partial charge in [-0.3, -0.25) is 4.99 Å². The molecular weight excluding hydrogens is 457 g/mol. The van der Waals surface area contributed by atoms with Crippen molar-refractivity contribution in [3.8, 4) is 5.75 Å². The molecule has 0 bridgehead atoms. The van der Waals surface area contributed by atoms with Gasteiger partial charge in [0.05, 0.1) is 19.2 Å². The van der Waals surface area contributed by atoms with E-state index < -0.39 is 0 Å². The summed E-state index contributed by atoms with van der Waals surface area (Å²) in [6.07, 6.45) is 3.30. The van der Waals surface area contributed by atoms with Crippen LogP contribution in [-0.2, 0) is 0 Å². The lowest BCUT2D eigenvalue weighted by atomic mass is 10.0. The van der Waals surface area contributed by atoms with Crippen molar-refractivity contribution < 1.29 is 4.74 Å². The maximum atomic E-state index is 6.18. The Hall–Kier alpha value is -1.41. The molecule has 1 aliphatic carbocycles. The highest BCUT2D eigenvalue weighted by Gasteiger charge is 2.43. The first-order chi connectivity index (χ1) is 12.2. The fraction of sp³-hybridized carbons (Fsp3) is 0.350. The minimum absolute atomic E-state index is 0. The highest BCUT2D eigenvalue weighted by Crippen LogP contribution is 2.51. The monoisotopic (exact) mass is 481 g/mol. The van der Waals surface area contributed by atoms with Crippen molar-refractivity contribution in [2.24, 2.45) is 10.7 Å². The van der Waals surface area contributed by atoms with E-state index in [1.165, 1.54) is 17.7 Å². The zero-order valence-electron chi connectivity index (χ0n) is 14.6. The van der Waals surface area contributed by atoms with Crippen LogP contribution in [0.15, 0.2) is 64.5 Å². The van der Waals surface area contributed by atoms with E-state index in [2.05, 4.69) is 46.7 Å². The number of para-hydroxylation sites is 1. The molecular formula is C20H24IN3OS. The molecule has 6 heteroatoms. The lowest BCUT2D eigenvalue weighted by Crippen LogP contribution is -2.37. The largest absolute Gasteiger partial charge is 0.493 e. The standard InChI is InChI=1S/C20H23N3OS.HI/c21-19(23-17-10-13-24-18-9-5-4-8-16(17)18)22-14-20(11-12-20)25-15-6-2-1-3-7-15;/h1-9,17H,10-14H2,(H3,21,22,23);1H. The normalized spacial score (nSPS) is 20.3. The highest BCUT2D eigenvalue weighted by atomic mass is 127. The van der Waals surface area contributed by atoms with Gasteiger partial charge in [0, 0.05) is 21.6 Å². The molecule has 2 aliphatic rings. The summed E-state index contributed by atoms with van der Waals surface area (Å²) in [6.45, 7) is 1.46. The molecule has 2 aromatic rings. The fourth-order valence-corrected chi connectivity index (χ4v) is 4.34. The summed E-state index contributed by atoms with van der Waals surface area (Å²) in [6, 6.07) is 18.8. The molecule has 4 rings (SSSR count). The number of hydrogen-bond acceptors (Lipinski definition) is 3. The Bertz CT molecular complexity index is 765. The first kappa shape index (κ1) is 19.4. The summed E-state index contributed by atoms with van der Waals surface area (Å²) >= 11 is 1.92. The number of nitrogens with zero attached hydrogens (tertiary/aromatic N) is 1. The third-order valence-electron chi connectivity index (χ3n) is 4.70. The van der Waals surface area contributed by atoms with Crippen molar-refractivity contribution in [2.45, 2.75) is 34.9 Å². The molecule has 4 nitrogen and oxygen atoms in total. The molecule has 2 aromatic carbocycles. The number of rotatable bonds is 5. The zero-order chi connectivity index (χ0) is 17.1. The van der Waals surface area contributed by atoms with Crippen molar-refractivity contribution in [2.75, 3.05) is 13.2 Å². The topological polar surface area (TPSA) is 59.6 Å². The molecule has 1 aliphatic heterocycles. The Morgan fingerprint density at radius 1 is 1.15 bits per heavy atom. The Morgan fingerprint density at radius 3 is 2.65 bits per heavy atom. The summed E-state index contributed by atoms with van der Waals surface area (Å²) in [5.41, 5.74) is 7.34. The van der Waals surface area contributed by atoms with Crippen molar-refractivity contribution in [1.29, 1.82) is 0 Å². The summed E-state index contributed by atoms with van der Waals surface area (Å²) in [5, 5.41) is 3.38. The van der Waals surface area contributed by atoms with E-state index in [-0.39, 0.29) is 34.8 Å². The lowest BCUT2D eigenvalue weighted by molar-refractivity contribution is 0.262. The van der Waals surface area contributed by atoms with E-state index in [0.717, 1.165) is 24.3 Å². The van der Waals surface area contributed by atoms with Gasteiger partial charge < -0.3 is 15.8 Å². The van der Waals surface area contributed by atoms with Crippen LogP contribution < -0.4 is 15.8 Å². The van der Waals surface area contributed by atoms with Crippen LogP contribution in [-0.4, -0.2) is 23.9 Å². The van der Waals surface area contributed by atoms with Gasteiger partial charge in [0.1, 0.15) is 5.75 Å². The van der Waals surface area contributed by atoms with Gasteiger partial charge in [0.2, 0.25) is 0 Å². The molecule has 0 radical (unpaired) electrons. The maximum absolute atomic E-state index is 6.18. The average molecular weight is 481 g/mol. The van der Waals surface area contributed by atoms with Gasteiger partial charge in [-0.1, -0.05) is 36.4 Å². The molecule has 0 spiro atoms. The number of benzene rings is 2. The molecule has 3 N–H and O–H groups in total. The Balaban J connectivity index is 0.00000196. The second kappa shape index (κ2) is 8.52. The molecule has 1 fully saturated rings. The number of nitrogens with one attached hydrogen (secondary N) is 1. The van der Waals surface area contributed by atoms with Crippen LogP contribution in [0.3, 0.4) is 0 Å². The van der Waals surface area contributed by atoms with E-state index in [1.807, 2.05) is 30.0 Å². The minimum atomic E-state index is 0. The SMILES string of the molecule is I.NC(=NCC1(Sc2ccccc2)CC1)NC1CCOc2ccccc21. The number of aliphatic imine (C=N–C) groups is 1. The van der Waals surface area contributed by atoms with Crippen molar-refractivity contribution >= 4 is 41.7 Å². The molecule has 1 unspecified atom stereocenters. The third-order valence-corrected chi connectivity index (χ3v) is 6.18. The fourth-order valence-electron chi connectivity index (χ4n) is 3.12. The van der Waals surface area contributed by atoms with Gasteiger partial charge >= 0.3 is 0 Å². The molecule has 1 atom stereocenters. The summed E-state index contributed by atoms with van der Waals surface area (Å²) in [5.74, 6) is 1.47. The third kappa shape index (κ3) is 4.65. The van der Waals surface area contributed by atoms with Crippen LogP contribution in [0.25, 0.3) is 0 Å². The molecule has 138 valence electrons. The van der Waals surface area contributed by atoms with Crippen LogP contribution in [0.2, 0.25) is 0 Å². The second-order valence-corrected chi connectivity index (χ2v) is 8.21. The number of ether oxygens (including phenoxy) is 1. The molecule has 26 heavy (non-hydrogen) atoms. The lowest BCUT2D eigenvalue weighted by Gasteiger charge is -2.27. The van der Waals surface area contributed by atoms with Gasteiger partial charge in [-0.2, -0.15) is 0 Å². The predicted octanol–water partition coefficient (Wildman–Crippen LogP) is 4.36. The average Bonchev–Trinajstić information content (AvgIpc) is 3.41. The summed E-state index contributed by atoms with van der Waals surface area (Å²) in [7, 11) is 0. The van der Waals surface area contributed by atoms with Gasteiger partial charge in [-0.05, 0) is 31.0 Å². The number of thioether (sulfide) groups is 1. The zero-order valence-corrected chi connectivity index (χ0v) is 17.7. The van der Waals surface area contributed by atoms with Crippen molar-refractivity contribution in [1.82, 2.24) is 5.32 Å². The quantitative estimate of drug-likeness (QED) is 0.379. The van der Waals surface area contributed by atoms with Crippen LogP contribution in [0.1, 0.15) is 30.9 Å². The Labute approximate surface area is 176 Å². The molecule has 0 saturated heterocycles. The highest BCUT2D eigenvalue weighted by molar-refractivity contribution is 14.0. The smallest absolute Gasteiger partial charge is 0.189 e. The predicted molar refractivity (Wildman–Crippen MR) is 119 cm³/mol.